The van der Waals surface area contributed by atoms with Gasteiger partial charge < -0.3 is 20.7 Å². The second-order valence-corrected chi connectivity index (χ2v) is 6.11. The fourth-order valence-corrected chi connectivity index (χ4v) is 2.62. The van der Waals surface area contributed by atoms with Gasteiger partial charge >= 0.3 is 6.03 Å². The predicted octanol–water partition coefficient (Wildman–Crippen LogP) is 4.05. The molecule has 0 unspecified atom stereocenters. The number of hydrogen-bond acceptors (Lipinski definition) is 4. The van der Waals surface area contributed by atoms with Crippen LogP contribution in [0.1, 0.15) is 22.8 Å². The Morgan fingerprint density at radius 2 is 1.59 bits per heavy atom. The summed E-state index contributed by atoms with van der Waals surface area (Å²) in [6.45, 7) is 2.69. The average Bonchev–Trinajstić information content (AvgIpc) is 2.74. The Hall–Kier alpha value is -3.87. The van der Waals surface area contributed by atoms with Gasteiger partial charge in [-0.1, -0.05) is 24.3 Å². The van der Waals surface area contributed by atoms with E-state index >= 15 is 0 Å². The van der Waals surface area contributed by atoms with Crippen LogP contribution in [-0.4, -0.2) is 23.5 Å². The molecule has 0 radical (unpaired) electrons. The molecule has 29 heavy (non-hydrogen) atoms. The first kappa shape index (κ1) is 19.9. The number of ether oxygens (including phenoxy) is 1. The molecule has 0 saturated carbocycles. The van der Waals surface area contributed by atoms with Crippen LogP contribution in [-0.2, 0) is 6.54 Å². The molecule has 0 aliphatic heterocycles. The molecule has 0 fully saturated rings. The summed E-state index contributed by atoms with van der Waals surface area (Å²) in [6, 6.07) is 19.1. The van der Waals surface area contributed by atoms with Gasteiger partial charge in [0.25, 0.3) is 5.91 Å². The van der Waals surface area contributed by atoms with Crippen molar-refractivity contribution < 1.29 is 14.3 Å². The molecular formula is C22H22N4O3. The van der Waals surface area contributed by atoms with Crippen LogP contribution in [0.5, 0.6) is 5.88 Å². The number of nitrogens with zero attached hydrogens (tertiary/aromatic N) is 1. The first-order chi connectivity index (χ1) is 14.2. The van der Waals surface area contributed by atoms with E-state index in [1.54, 1.807) is 48.7 Å². The number of para-hydroxylation sites is 1. The summed E-state index contributed by atoms with van der Waals surface area (Å²) in [5.41, 5.74) is 2.57. The van der Waals surface area contributed by atoms with Crippen molar-refractivity contribution in [3.63, 3.8) is 0 Å². The van der Waals surface area contributed by atoms with Crippen molar-refractivity contribution in [3.8, 4) is 5.88 Å². The monoisotopic (exact) mass is 390 g/mol. The first-order valence-electron chi connectivity index (χ1n) is 9.23. The third-order valence-electron chi connectivity index (χ3n) is 4.01. The minimum absolute atomic E-state index is 0.225. The Morgan fingerprint density at radius 3 is 2.28 bits per heavy atom. The first-order valence-corrected chi connectivity index (χ1v) is 9.23. The number of anilines is 2. The van der Waals surface area contributed by atoms with Crippen LogP contribution in [0.4, 0.5) is 16.2 Å². The van der Waals surface area contributed by atoms with E-state index in [0.717, 1.165) is 5.56 Å². The number of carbonyl (C=O) groups excluding carboxylic acids is 2. The number of amides is 3. The SMILES string of the molecule is CCOc1ncccc1CNC(=O)c1ccc(NC(=O)Nc2ccccc2)cc1. The van der Waals surface area contributed by atoms with E-state index in [2.05, 4.69) is 20.9 Å². The second-order valence-electron chi connectivity index (χ2n) is 6.11. The number of urea groups is 1. The fraction of sp³-hybridized carbons (Fsp3) is 0.136. The van der Waals surface area contributed by atoms with Gasteiger partial charge in [-0.25, -0.2) is 9.78 Å². The normalized spacial score (nSPS) is 10.1. The molecule has 0 saturated heterocycles. The Kier molecular flexibility index (Phi) is 6.78. The molecule has 0 bridgehead atoms. The Bertz CT molecular complexity index is 959. The third kappa shape index (κ3) is 5.80. The molecule has 7 heteroatoms. The summed E-state index contributed by atoms with van der Waals surface area (Å²) in [4.78, 5) is 28.6. The van der Waals surface area contributed by atoms with Crippen molar-refractivity contribution in [3.05, 3.63) is 84.1 Å². The summed E-state index contributed by atoms with van der Waals surface area (Å²) < 4.78 is 5.46. The zero-order valence-corrected chi connectivity index (χ0v) is 16.0. The Morgan fingerprint density at radius 1 is 0.897 bits per heavy atom. The third-order valence-corrected chi connectivity index (χ3v) is 4.01. The van der Waals surface area contributed by atoms with Crippen molar-refractivity contribution in [1.29, 1.82) is 0 Å². The van der Waals surface area contributed by atoms with Crippen molar-refractivity contribution in [1.82, 2.24) is 10.3 Å². The fourth-order valence-electron chi connectivity index (χ4n) is 2.62. The van der Waals surface area contributed by atoms with Crippen LogP contribution in [0.3, 0.4) is 0 Å². The number of carbonyl (C=O) groups is 2. The smallest absolute Gasteiger partial charge is 0.323 e. The van der Waals surface area contributed by atoms with Gasteiger partial charge in [0.1, 0.15) is 0 Å². The molecule has 0 spiro atoms. The van der Waals surface area contributed by atoms with Gasteiger partial charge in [0.05, 0.1) is 6.61 Å². The number of rotatable bonds is 7. The lowest BCUT2D eigenvalue weighted by Crippen LogP contribution is -2.23. The molecule has 1 aromatic heterocycles. The molecule has 1 heterocycles. The van der Waals surface area contributed by atoms with E-state index in [4.69, 9.17) is 4.74 Å². The number of hydrogen-bond donors (Lipinski definition) is 3. The largest absolute Gasteiger partial charge is 0.478 e. The van der Waals surface area contributed by atoms with Gasteiger partial charge in [-0.05, 0) is 49.4 Å². The van der Waals surface area contributed by atoms with Crippen molar-refractivity contribution in [2.45, 2.75) is 13.5 Å². The molecule has 0 atom stereocenters. The van der Waals surface area contributed by atoms with Crippen LogP contribution < -0.4 is 20.7 Å². The highest BCUT2D eigenvalue weighted by molar-refractivity contribution is 6.00. The molecule has 3 N–H and O–H groups in total. The topological polar surface area (TPSA) is 92.3 Å². The molecule has 7 nitrogen and oxygen atoms in total. The summed E-state index contributed by atoms with van der Waals surface area (Å²) in [5.74, 6) is 0.288. The molecule has 3 amide bonds. The van der Waals surface area contributed by atoms with Crippen molar-refractivity contribution >= 4 is 23.3 Å². The lowest BCUT2D eigenvalue weighted by atomic mass is 10.2. The second kappa shape index (κ2) is 9.89. The zero-order chi connectivity index (χ0) is 20.5. The number of aromatic nitrogens is 1. The molecule has 2 aromatic carbocycles. The average molecular weight is 390 g/mol. The van der Waals surface area contributed by atoms with E-state index in [9.17, 15) is 9.59 Å². The quantitative estimate of drug-likeness (QED) is 0.567. The summed E-state index contributed by atoms with van der Waals surface area (Å²) in [7, 11) is 0. The molecular weight excluding hydrogens is 368 g/mol. The molecule has 3 aromatic rings. The van der Waals surface area contributed by atoms with Crippen molar-refractivity contribution in [2.24, 2.45) is 0 Å². The minimum Gasteiger partial charge on any atom is -0.478 e. The van der Waals surface area contributed by atoms with Crippen LogP contribution >= 0.6 is 0 Å². The van der Waals surface area contributed by atoms with Gasteiger partial charge in [0, 0.05) is 35.2 Å². The highest BCUT2D eigenvalue weighted by atomic mass is 16.5. The summed E-state index contributed by atoms with van der Waals surface area (Å²) in [6.07, 6.45) is 1.65. The summed E-state index contributed by atoms with van der Waals surface area (Å²) in [5, 5.41) is 8.31. The number of benzene rings is 2. The molecule has 148 valence electrons. The van der Waals surface area contributed by atoms with Gasteiger partial charge in [-0.2, -0.15) is 0 Å². The molecule has 0 aliphatic carbocycles. The van der Waals surface area contributed by atoms with Crippen LogP contribution in [0.15, 0.2) is 72.9 Å². The lowest BCUT2D eigenvalue weighted by molar-refractivity contribution is 0.0950. The van der Waals surface area contributed by atoms with Gasteiger partial charge in [-0.3, -0.25) is 4.79 Å². The van der Waals surface area contributed by atoms with E-state index < -0.39 is 0 Å². The maximum absolute atomic E-state index is 12.4. The predicted molar refractivity (Wildman–Crippen MR) is 112 cm³/mol. The summed E-state index contributed by atoms with van der Waals surface area (Å²) >= 11 is 0. The minimum atomic E-state index is -0.353. The van der Waals surface area contributed by atoms with Gasteiger partial charge in [0.15, 0.2) is 0 Å². The number of pyridine rings is 1. The highest BCUT2D eigenvalue weighted by Crippen LogP contribution is 2.15. The number of nitrogens with one attached hydrogen (secondary N) is 3. The van der Waals surface area contributed by atoms with Crippen LogP contribution in [0.25, 0.3) is 0 Å². The maximum atomic E-state index is 12.4. The van der Waals surface area contributed by atoms with E-state index in [1.807, 2.05) is 31.2 Å². The Balaban J connectivity index is 1.54. The zero-order valence-electron chi connectivity index (χ0n) is 16.0. The maximum Gasteiger partial charge on any atom is 0.323 e. The van der Waals surface area contributed by atoms with Crippen molar-refractivity contribution in [2.75, 3.05) is 17.2 Å². The van der Waals surface area contributed by atoms with Crippen LogP contribution in [0, 0.1) is 0 Å². The molecule has 3 rings (SSSR count). The van der Waals surface area contributed by atoms with Crippen LogP contribution in [0.2, 0.25) is 0 Å². The van der Waals surface area contributed by atoms with E-state index in [-0.39, 0.29) is 11.9 Å². The van der Waals surface area contributed by atoms with E-state index in [0.29, 0.717) is 36.0 Å². The Labute approximate surface area is 169 Å². The van der Waals surface area contributed by atoms with E-state index in [1.165, 1.54) is 0 Å². The molecule has 0 aliphatic rings. The standard InChI is InChI=1S/C22H22N4O3/c1-2-29-21-17(7-6-14-23-21)15-24-20(27)16-10-12-19(13-11-16)26-22(28)25-18-8-4-3-5-9-18/h3-14H,2,15H2,1H3,(H,24,27)(H2,25,26,28). The lowest BCUT2D eigenvalue weighted by Gasteiger charge is -2.10. The van der Waals surface area contributed by atoms with Gasteiger partial charge in [0.2, 0.25) is 5.88 Å². The van der Waals surface area contributed by atoms with Gasteiger partial charge in [-0.15, -0.1) is 0 Å². The highest BCUT2D eigenvalue weighted by Gasteiger charge is 2.09.